The second-order valence-corrected chi connectivity index (χ2v) is 6.06. The molecule has 0 heterocycles. The van der Waals surface area contributed by atoms with E-state index in [9.17, 15) is 9.59 Å². The van der Waals surface area contributed by atoms with Gasteiger partial charge in [-0.1, -0.05) is 48.5 Å². The first-order chi connectivity index (χ1) is 11.6. The number of carbonyl (C=O) groups is 2. The molecule has 6 heteroatoms. The molecule has 0 saturated carbocycles. The van der Waals surface area contributed by atoms with Gasteiger partial charge in [-0.15, -0.1) is 0 Å². The van der Waals surface area contributed by atoms with Crippen LogP contribution in [-0.2, 0) is 11.2 Å². The lowest BCUT2D eigenvalue weighted by molar-refractivity contribution is -0.122. The lowest BCUT2D eigenvalue weighted by atomic mass is 10.0. The van der Waals surface area contributed by atoms with Gasteiger partial charge in [0.25, 0.3) is 5.91 Å². The van der Waals surface area contributed by atoms with Crippen molar-refractivity contribution >= 4 is 24.4 Å². The van der Waals surface area contributed by atoms with Crippen LogP contribution in [0.1, 0.15) is 15.9 Å². The highest BCUT2D eigenvalue weighted by Gasteiger charge is 2.21. The fourth-order valence-electron chi connectivity index (χ4n) is 2.22. The van der Waals surface area contributed by atoms with Gasteiger partial charge in [0.1, 0.15) is 6.04 Å². The minimum Gasteiger partial charge on any atom is -0.352 e. The van der Waals surface area contributed by atoms with E-state index >= 15 is 0 Å². The highest BCUT2D eigenvalue weighted by Crippen LogP contribution is 2.06. The molecule has 4 N–H and O–H groups in total. The maximum atomic E-state index is 12.4. The molecule has 2 aromatic rings. The Hall–Kier alpha value is -2.31. The molecule has 0 aromatic heterocycles. The van der Waals surface area contributed by atoms with Crippen LogP contribution in [0.5, 0.6) is 0 Å². The number of benzene rings is 2. The maximum absolute atomic E-state index is 12.4. The smallest absolute Gasteiger partial charge is 0.251 e. The van der Waals surface area contributed by atoms with Crippen molar-refractivity contribution in [1.29, 1.82) is 0 Å². The van der Waals surface area contributed by atoms with Crippen LogP contribution in [0.3, 0.4) is 0 Å². The zero-order chi connectivity index (χ0) is 17.4. The Morgan fingerprint density at radius 2 is 1.58 bits per heavy atom. The van der Waals surface area contributed by atoms with Crippen LogP contribution in [0.4, 0.5) is 0 Å². The number of rotatable bonds is 7. The molecular weight excluding hydrogens is 322 g/mol. The molecule has 5 nitrogen and oxygen atoms in total. The fourth-order valence-corrected chi connectivity index (χ4v) is 2.31. The number of nitrogens with two attached hydrogens (primary N) is 1. The van der Waals surface area contributed by atoms with Crippen LogP contribution in [0.25, 0.3) is 0 Å². The third-order valence-electron chi connectivity index (χ3n) is 3.43. The number of nitrogens with one attached hydrogen (secondary N) is 2. The van der Waals surface area contributed by atoms with E-state index in [2.05, 4.69) is 23.3 Å². The Morgan fingerprint density at radius 1 is 1.00 bits per heavy atom. The molecular formula is C18H21N3O2S. The van der Waals surface area contributed by atoms with Crippen LogP contribution in [-0.4, -0.2) is 29.8 Å². The quantitative estimate of drug-likeness (QED) is 0.452. The number of amides is 2. The van der Waals surface area contributed by atoms with Crippen LogP contribution < -0.4 is 16.4 Å². The Labute approximate surface area is 147 Å². The van der Waals surface area contributed by atoms with Gasteiger partial charge in [0.2, 0.25) is 5.91 Å². The van der Waals surface area contributed by atoms with Crippen molar-refractivity contribution < 1.29 is 9.59 Å². The predicted octanol–water partition coefficient (Wildman–Crippen LogP) is 1.36. The minimum atomic E-state index is -0.688. The van der Waals surface area contributed by atoms with E-state index in [1.54, 1.807) is 24.3 Å². The van der Waals surface area contributed by atoms with Gasteiger partial charge in [0.15, 0.2) is 0 Å². The van der Waals surface area contributed by atoms with Crippen LogP contribution in [0.15, 0.2) is 60.7 Å². The molecule has 0 unspecified atom stereocenters. The van der Waals surface area contributed by atoms with E-state index in [4.69, 9.17) is 5.73 Å². The minimum absolute atomic E-state index is 0.231. The Balaban J connectivity index is 2.09. The summed E-state index contributed by atoms with van der Waals surface area (Å²) in [5.41, 5.74) is 7.02. The summed E-state index contributed by atoms with van der Waals surface area (Å²) in [6, 6.07) is 17.6. The number of carbonyl (C=O) groups excluding carboxylic acids is 2. The fraction of sp³-hybridized carbons (Fsp3) is 0.222. The Bertz CT molecular complexity index is 662. The maximum Gasteiger partial charge on any atom is 0.251 e. The van der Waals surface area contributed by atoms with Gasteiger partial charge in [0, 0.05) is 18.5 Å². The first kappa shape index (κ1) is 18.0. The molecule has 2 atom stereocenters. The molecule has 0 saturated heterocycles. The third kappa shape index (κ3) is 5.72. The predicted molar refractivity (Wildman–Crippen MR) is 97.8 cm³/mol. The number of hydrogen-bond donors (Lipinski definition) is 4. The molecule has 0 spiro atoms. The van der Waals surface area contributed by atoms with Gasteiger partial charge >= 0.3 is 0 Å². The summed E-state index contributed by atoms with van der Waals surface area (Å²) >= 11 is 4.04. The van der Waals surface area contributed by atoms with Crippen molar-refractivity contribution in [2.24, 2.45) is 5.73 Å². The molecule has 0 aliphatic rings. The Morgan fingerprint density at radius 3 is 2.17 bits per heavy atom. The molecule has 0 radical (unpaired) electrons. The summed E-state index contributed by atoms with van der Waals surface area (Å²) in [5.74, 6) is -0.575. The lowest BCUT2D eigenvalue weighted by Crippen LogP contribution is -2.49. The van der Waals surface area contributed by atoms with Crippen molar-refractivity contribution in [2.75, 3.05) is 6.54 Å². The van der Waals surface area contributed by atoms with Gasteiger partial charge in [-0.25, -0.2) is 0 Å². The van der Waals surface area contributed by atoms with E-state index in [1.165, 1.54) is 0 Å². The molecule has 2 rings (SSSR count). The summed E-state index contributed by atoms with van der Waals surface area (Å²) in [7, 11) is 0. The highest BCUT2D eigenvalue weighted by atomic mass is 32.1. The van der Waals surface area contributed by atoms with Crippen molar-refractivity contribution in [3.05, 3.63) is 71.8 Å². The zero-order valence-corrected chi connectivity index (χ0v) is 14.1. The monoisotopic (exact) mass is 343 g/mol. The molecule has 0 aliphatic carbocycles. The van der Waals surface area contributed by atoms with Crippen LogP contribution in [0.2, 0.25) is 0 Å². The van der Waals surface area contributed by atoms with Gasteiger partial charge in [0.05, 0.1) is 5.37 Å². The van der Waals surface area contributed by atoms with Crippen molar-refractivity contribution in [2.45, 2.75) is 17.8 Å². The second-order valence-electron chi connectivity index (χ2n) is 5.39. The molecule has 0 aliphatic heterocycles. The van der Waals surface area contributed by atoms with Crippen LogP contribution in [0, 0.1) is 0 Å². The van der Waals surface area contributed by atoms with E-state index in [0.717, 1.165) is 5.56 Å². The average Bonchev–Trinajstić information content (AvgIpc) is 2.60. The normalized spacial score (nSPS) is 12.9. The van der Waals surface area contributed by atoms with E-state index in [-0.39, 0.29) is 18.4 Å². The molecule has 126 valence electrons. The van der Waals surface area contributed by atoms with E-state index in [0.29, 0.717) is 12.0 Å². The largest absolute Gasteiger partial charge is 0.352 e. The van der Waals surface area contributed by atoms with Crippen molar-refractivity contribution in [3.63, 3.8) is 0 Å². The van der Waals surface area contributed by atoms with Gasteiger partial charge in [-0.05, 0) is 17.7 Å². The summed E-state index contributed by atoms with van der Waals surface area (Å²) in [4.78, 5) is 24.8. The molecule has 2 amide bonds. The molecule has 0 fully saturated rings. The van der Waals surface area contributed by atoms with E-state index in [1.807, 2.05) is 36.4 Å². The first-order valence-corrected chi connectivity index (χ1v) is 8.19. The second kappa shape index (κ2) is 9.10. The standard InChI is InChI=1S/C18H21N3O2S/c19-16(24)12-20-18(23)15(11-13-7-3-1-4-8-13)21-17(22)14-9-5-2-6-10-14/h1-10,15-16,24H,11-12,19H2,(H,20,23)(H,21,22)/t15-,16+/m0/s1. The zero-order valence-electron chi connectivity index (χ0n) is 13.2. The van der Waals surface area contributed by atoms with Gasteiger partial charge in [-0.2, -0.15) is 12.6 Å². The summed E-state index contributed by atoms with van der Waals surface area (Å²) in [6.07, 6.45) is 0.396. The van der Waals surface area contributed by atoms with Crippen LogP contribution >= 0.6 is 12.6 Å². The van der Waals surface area contributed by atoms with Crippen molar-refractivity contribution in [1.82, 2.24) is 10.6 Å². The molecule has 0 bridgehead atoms. The number of thiol groups is 1. The number of hydrogen-bond acceptors (Lipinski definition) is 4. The van der Waals surface area contributed by atoms with Gasteiger partial charge in [-0.3, -0.25) is 9.59 Å². The third-order valence-corrected chi connectivity index (χ3v) is 3.61. The van der Waals surface area contributed by atoms with Crippen molar-refractivity contribution in [3.8, 4) is 0 Å². The molecule has 2 aromatic carbocycles. The summed E-state index contributed by atoms with van der Waals surface area (Å²) in [5, 5.41) is 5.04. The summed E-state index contributed by atoms with van der Waals surface area (Å²) in [6.45, 7) is 0.231. The highest BCUT2D eigenvalue weighted by molar-refractivity contribution is 7.80. The van der Waals surface area contributed by atoms with Gasteiger partial charge < -0.3 is 16.4 Å². The first-order valence-electron chi connectivity index (χ1n) is 7.67. The summed E-state index contributed by atoms with van der Waals surface area (Å²) < 4.78 is 0. The average molecular weight is 343 g/mol. The Kier molecular flexibility index (Phi) is 6.84. The lowest BCUT2D eigenvalue weighted by Gasteiger charge is -2.19. The SMILES string of the molecule is N[C@H](S)CNC(=O)[C@H](Cc1ccccc1)NC(=O)c1ccccc1. The molecule has 24 heavy (non-hydrogen) atoms. The van der Waals surface area contributed by atoms with E-state index < -0.39 is 11.4 Å². The topological polar surface area (TPSA) is 84.2 Å².